The molecule has 1 unspecified atom stereocenters. The first kappa shape index (κ1) is 43.6. The molecular weight excluding hydrogens is 700 g/mol. The molecule has 2 aromatic rings. The van der Waals surface area contributed by atoms with Crippen molar-refractivity contribution < 1.29 is 38.2 Å². The number of carbonyl (C=O) groups is 6. The van der Waals surface area contributed by atoms with Gasteiger partial charge < -0.3 is 19.7 Å². The third-order valence-corrected chi connectivity index (χ3v) is 11.4. The number of carbonyl (C=O) groups excluding carboxylic acids is 6. The Morgan fingerprint density at radius 1 is 0.945 bits per heavy atom. The van der Waals surface area contributed by atoms with Crippen LogP contribution in [-0.4, -0.2) is 88.5 Å². The van der Waals surface area contributed by atoms with E-state index in [4.69, 9.17) is 9.47 Å². The molecule has 2 fully saturated rings. The summed E-state index contributed by atoms with van der Waals surface area (Å²) in [5.41, 5.74) is 0.344. The number of benzene rings is 1. The van der Waals surface area contributed by atoms with Crippen LogP contribution >= 0.6 is 0 Å². The highest BCUT2D eigenvalue weighted by Gasteiger charge is 2.55. The van der Waals surface area contributed by atoms with Crippen molar-refractivity contribution in [1.29, 1.82) is 0 Å². The van der Waals surface area contributed by atoms with E-state index in [1.54, 1.807) is 4.90 Å². The summed E-state index contributed by atoms with van der Waals surface area (Å²) < 4.78 is 11.2. The fourth-order valence-electron chi connectivity index (χ4n) is 8.27. The minimum atomic E-state index is -1.03. The van der Waals surface area contributed by atoms with Gasteiger partial charge in [0.2, 0.25) is 17.6 Å². The molecule has 1 aliphatic carbocycles. The van der Waals surface area contributed by atoms with Gasteiger partial charge in [0.15, 0.2) is 17.3 Å². The third kappa shape index (κ3) is 11.0. The molecule has 2 heterocycles. The molecule has 1 saturated heterocycles. The number of Topliss-reactive ketones (excluding diaryl/α,β-unsaturated/α-hetero) is 4. The Morgan fingerprint density at radius 2 is 1.65 bits per heavy atom. The molecule has 0 bridgehead atoms. The van der Waals surface area contributed by atoms with Gasteiger partial charge in [0.05, 0.1) is 18.3 Å². The number of nitrogens with zero attached hydrogens (tertiary/aromatic N) is 3. The van der Waals surface area contributed by atoms with Crippen molar-refractivity contribution in [2.45, 2.75) is 118 Å². The highest BCUT2D eigenvalue weighted by Crippen LogP contribution is 2.45. The molecule has 12 nitrogen and oxygen atoms in total. The minimum Gasteiger partial charge on any atom is -0.359 e. The van der Waals surface area contributed by atoms with Crippen molar-refractivity contribution in [2.24, 2.45) is 35.0 Å². The molecule has 8 atom stereocenters. The van der Waals surface area contributed by atoms with E-state index < -0.39 is 52.7 Å². The second-order valence-electron chi connectivity index (χ2n) is 16.8. The van der Waals surface area contributed by atoms with Gasteiger partial charge in [0.25, 0.3) is 0 Å². The normalized spacial score (nSPS) is 21.7. The highest BCUT2D eigenvalue weighted by atomic mass is 16.7. The van der Waals surface area contributed by atoms with Crippen LogP contribution in [0.1, 0.15) is 115 Å². The first-order valence-electron chi connectivity index (χ1n) is 19.7. The van der Waals surface area contributed by atoms with Crippen molar-refractivity contribution in [3.8, 4) is 0 Å². The van der Waals surface area contributed by atoms with Gasteiger partial charge in [-0.1, -0.05) is 85.2 Å². The highest BCUT2D eigenvalue weighted by molar-refractivity contribution is 6.38. The van der Waals surface area contributed by atoms with Crippen LogP contribution in [0.2, 0.25) is 0 Å². The van der Waals surface area contributed by atoms with E-state index in [1.165, 1.54) is 25.7 Å². The summed E-state index contributed by atoms with van der Waals surface area (Å²) in [5.74, 6) is -4.83. The van der Waals surface area contributed by atoms with E-state index in [-0.39, 0.29) is 79.6 Å². The van der Waals surface area contributed by atoms with Gasteiger partial charge in [0.1, 0.15) is 18.5 Å². The van der Waals surface area contributed by atoms with Crippen molar-refractivity contribution in [1.82, 2.24) is 20.2 Å². The number of hydrogen-bond donors (Lipinski definition) is 1. The predicted molar refractivity (Wildman–Crippen MR) is 207 cm³/mol. The Balaban J connectivity index is 1.59. The Labute approximate surface area is 325 Å². The lowest BCUT2D eigenvalue weighted by Gasteiger charge is -2.37. The fraction of sp³-hybridized carbons (Fsp3) is 0.628. The standard InChI is InChI=1S/C43H60N4O8/c1-9-13-29(39(51)36(50)20-27(4)28-14-11-10-12-15-28)21-35(49)38-30-16-17-37(55-25-54-8)32(30)24-47(38)42(53)40(43(5,6)7)46-41(52)31(26(2)3)22-34(48)33-23-44-18-19-45-33/h10-12,14-15,18-19,23,26-27,29-32,37-38,40H,9,13,16-17,20-22,24-25H2,1-8H3,(H,46,52)/t27-,29?,30-,31+,32-,37+,38-,40+/m0/s1. The SMILES string of the molecule is CCCC(CC(=O)[C@@H]1[C@H]2CC[C@@H](OCOC)[C@H]2CN1C(=O)[C@@H](NC(=O)[C@H](CC(=O)c1cnccn1)C(C)C)C(C)(C)C)C(=O)C(=O)C[C@H](C)c1ccccc1. The van der Waals surface area contributed by atoms with Crippen LogP contribution in [0, 0.1) is 35.0 Å². The van der Waals surface area contributed by atoms with Gasteiger partial charge in [-0.25, -0.2) is 4.98 Å². The van der Waals surface area contributed by atoms with E-state index >= 15 is 0 Å². The Kier molecular flexibility index (Phi) is 15.5. The summed E-state index contributed by atoms with van der Waals surface area (Å²) in [4.78, 5) is 93.2. The maximum Gasteiger partial charge on any atom is 0.246 e. The molecule has 300 valence electrons. The maximum absolute atomic E-state index is 14.8. The molecule has 4 rings (SSSR count). The molecule has 12 heteroatoms. The van der Waals surface area contributed by atoms with Gasteiger partial charge in [0, 0.05) is 63.1 Å². The summed E-state index contributed by atoms with van der Waals surface area (Å²) in [5, 5.41) is 2.99. The van der Waals surface area contributed by atoms with Gasteiger partial charge in [-0.05, 0) is 48.0 Å². The molecule has 2 amide bonds. The number of ether oxygens (including phenoxy) is 2. The second kappa shape index (κ2) is 19.6. The summed E-state index contributed by atoms with van der Waals surface area (Å²) in [6.45, 7) is 13.4. The zero-order chi connectivity index (χ0) is 40.4. The number of aromatic nitrogens is 2. The molecule has 1 N–H and O–H groups in total. The quantitative estimate of drug-likeness (QED) is 0.0994. The number of fused-ring (bicyclic) bond motifs is 1. The topological polar surface area (TPSA) is 162 Å². The lowest BCUT2D eigenvalue weighted by atomic mass is 9.82. The molecule has 0 radical (unpaired) electrons. The van der Waals surface area contributed by atoms with Gasteiger partial charge in [-0.15, -0.1) is 0 Å². The van der Waals surface area contributed by atoms with E-state index in [2.05, 4.69) is 15.3 Å². The lowest BCUT2D eigenvalue weighted by molar-refractivity contribution is -0.146. The number of nitrogens with one attached hydrogen (secondary N) is 1. The second-order valence-corrected chi connectivity index (χ2v) is 16.8. The maximum atomic E-state index is 14.8. The summed E-state index contributed by atoms with van der Waals surface area (Å²) in [7, 11) is 1.54. The number of amides is 2. The number of likely N-dealkylation sites (tertiary alicyclic amines) is 1. The molecule has 1 aliphatic heterocycles. The van der Waals surface area contributed by atoms with Crippen LogP contribution in [0.25, 0.3) is 0 Å². The van der Waals surface area contributed by atoms with Crippen molar-refractivity contribution in [2.75, 3.05) is 20.4 Å². The molecular formula is C43H60N4O8. The zero-order valence-electron chi connectivity index (χ0n) is 33.8. The number of ketones is 4. The molecule has 55 heavy (non-hydrogen) atoms. The van der Waals surface area contributed by atoms with Crippen LogP contribution in [-0.2, 0) is 33.4 Å². The molecule has 1 aromatic heterocycles. The monoisotopic (exact) mass is 760 g/mol. The molecule has 0 spiro atoms. The third-order valence-electron chi connectivity index (χ3n) is 11.4. The smallest absolute Gasteiger partial charge is 0.246 e. The van der Waals surface area contributed by atoms with Crippen LogP contribution in [0.3, 0.4) is 0 Å². The average Bonchev–Trinajstić information content (AvgIpc) is 3.73. The molecule has 2 aliphatic rings. The lowest BCUT2D eigenvalue weighted by Crippen LogP contribution is -2.58. The first-order valence-corrected chi connectivity index (χ1v) is 19.7. The first-order chi connectivity index (χ1) is 26.1. The van der Waals surface area contributed by atoms with Gasteiger partial charge in [-0.2, -0.15) is 0 Å². The summed E-state index contributed by atoms with van der Waals surface area (Å²) >= 11 is 0. The zero-order valence-corrected chi connectivity index (χ0v) is 33.8. The predicted octanol–water partition coefficient (Wildman–Crippen LogP) is 5.79. The summed E-state index contributed by atoms with van der Waals surface area (Å²) in [6, 6.07) is 7.65. The Morgan fingerprint density at radius 3 is 2.25 bits per heavy atom. The van der Waals surface area contributed by atoms with E-state index in [0.29, 0.717) is 25.7 Å². The van der Waals surface area contributed by atoms with Gasteiger partial charge >= 0.3 is 0 Å². The fourth-order valence-corrected chi connectivity index (χ4v) is 8.27. The summed E-state index contributed by atoms with van der Waals surface area (Å²) in [6.07, 6.45) is 6.07. The number of methoxy groups -OCH3 is 1. The van der Waals surface area contributed by atoms with Crippen LogP contribution in [0.5, 0.6) is 0 Å². The van der Waals surface area contributed by atoms with Crippen LogP contribution in [0.4, 0.5) is 0 Å². The van der Waals surface area contributed by atoms with Gasteiger partial charge in [-0.3, -0.25) is 33.8 Å². The number of rotatable bonds is 20. The Hall–Kier alpha value is -4.16. The Bertz CT molecular complexity index is 1640. The van der Waals surface area contributed by atoms with Crippen LogP contribution in [0.15, 0.2) is 48.9 Å². The van der Waals surface area contributed by atoms with E-state index in [1.807, 2.05) is 78.8 Å². The minimum absolute atomic E-state index is 0.0448. The number of hydrogen-bond acceptors (Lipinski definition) is 10. The largest absolute Gasteiger partial charge is 0.359 e. The molecule has 1 aromatic carbocycles. The van der Waals surface area contributed by atoms with E-state index in [9.17, 15) is 28.8 Å². The van der Waals surface area contributed by atoms with Crippen molar-refractivity contribution in [3.05, 3.63) is 60.2 Å². The van der Waals surface area contributed by atoms with Crippen molar-refractivity contribution in [3.63, 3.8) is 0 Å². The van der Waals surface area contributed by atoms with Crippen LogP contribution < -0.4 is 5.32 Å². The molecule has 1 saturated carbocycles. The average molecular weight is 761 g/mol. The van der Waals surface area contributed by atoms with Crippen molar-refractivity contribution >= 4 is 34.9 Å². The van der Waals surface area contributed by atoms with E-state index in [0.717, 1.165) is 5.56 Å².